The van der Waals surface area contributed by atoms with Crippen molar-refractivity contribution in [3.8, 4) is 11.4 Å². The maximum absolute atomic E-state index is 6.14. The minimum atomic E-state index is 0.291. The molecule has 8 nitrogen and oxygen atoms in total. The Morgan fingerprint density at radius 1 is 1.30 bits per heavy atom. The van der Waals surface area contributed by atoms with Crippen LogP contribution in [0.25, 0.3) is 11.4 Å². The minimum absolute atomic E-state index is 0.291. The Hall–Kier alpha value is -2.45. The lowest BCUT2D eigenvalue weighted by Crippen LogP contribution is -2.47. The molecule has 0 spiro atoms. The van der Waals surface area contributed by atoms with Gasteiger partial charge < -0.3 is 19.7 Å². The van der Waals surface area contributed by atoms with Crippen molar-refractivity contribution in [2.75, 3.05) is 33.4 Å². The van der Waals surface area contributed by atoms with Crippen molar-refractivity contribution in [2.24, 2.45) is 4.99 Å². The molecule has 2 saturated heterocycles. The van der Waals surface area contributed by atoms with E-state index >= 15 is 0 Å². The third kappa shape index (κ3) is 5.58. The minimum Gasteiger partial charge on any atom is -0.376 e. The molecular weight excluding hydrogens is 380 g/mol. The fraction of sp³-hybridized carbons (Fsp3) is 0.591. The van der Waals surface area contributed by atoms with E-state index in [0.29, 0.717) is 18.8 Å². The van der Waals surface area contributed by atoms with Crippen molar-refractivity contribution < 1.29 is 9.47 Å². The number of H-pyrrole nitrogens is 1. The van der Waals surface area contributed by atoms with Gasteiger partial charge in [-0.15, -0.1) is 0 Å². The summed E-state index contributed by atoms with van der Waals surface area (Å²) in [5.41, 5.74) is 2.21. The van der Waals surface area contributed by atoms with Gasteiger partial charge in [-0.05, 0) is 43.7 Å². The molecule has 2 aliphatic heterocycles. The average Bonchev–Trinajstić information content (AvgIpc) is 3.35. The average molecular weight is 413 g/mol. The molecule has 30 heavy (non-hydrogen) atoms. The van der Waals surface area contributed by atoms with Gasteiger partial charge in [-0.1, -0.05) is 18.2 Å². The number of nitrogens with zero attached hydrogens (tertiary/aromatic N) is 4. The Morgan fingerprint density at radius 2 is 2.20 bits per heavy atom. The summed E-state index contributed by atoms with van der Waals surface area (Å²) < 4.78 is 11.9. The first kappa shape index (κ1) is 20.8. The van der Waals surface area contributed by atoms with E-state index in [9.17, 15) is 0 Å². The first-order valence-corrected chi connectivity index (χ1v) is 11.0. The summed E-state index contributed by atoms with van der Waals surface area (Å²) >= 11 is 0. The standard InChI is InChI=1S/C22H32N6O2/c1-23-22(24-14-17-5-4-6-18(13-17)21-25-16-26-27-21)28-10-8-19(9-11-28)30-15-20-7-2-3-12-29-20/h4-6,13,16,19-20H,2-3,7-12,14-15H2,1H3,(H,23,24)(H,25,26,27). The van der Waals surface area contributed by atoms with Gasteiger partial charge in [0.1, 0.15) is 6.33 Å². The first-order chi connectivity index (χ1) is 14.8. The quantitative estimate of drug-likeness (QED) is 0.560. The van der Waals surface area contributed by atoms with Gasteiger partial charge in [0.2, 0.25) is 0 Å². The van der Waals surface area contributed by atoms with E-state index in [1.54, 1.807) is 0 Å². The molecule has 4 rings (SSSR count). The van der Waals surface area contributed by atoms with Crippen LogP contribution in [0.5, 0.6) is 0 Å². The molecule has 1 atom stereocenters. The summed E-state index contributed by atoms with van der Waals surface area (Å²) in [5.74, 6) is 1.72. The molecule has 0 amide bonds. The molecule has 0 saturated carbocycles. The number of aliphatic imine (C=N–C) groups is 1. The second kappa shape index (κ2) is 10.5. The highest BCUT2D eigenvalue weighted by atomic mass is 16.5. The lowest BCUT2D eigenvalue weighted by molar-refractivity contribution is -0.0721. The molecule has 2 N–H and O–H groups in total. The third-order valence-corrected chi connectivity index (χ3v) is 5.81. The largest absolute Gasteiger partial charge is 0.376 e. The predicted molar refractivity (Wildman–Crippen MR) is 116 cm³/mol. The summed E-state index contributed by atoms with van der Waals surface area (Å²) in [6.45, 7) is 4.24. The van der Waals surface area contributed by atoms with Gasteiger partial charge in [-0.3, -0.25) is 10.1 Å². The van der Waals surface area contributed by atoms with Gasteiger partial charge in [0.05, 0.1) is 18.8 Å². The summed E-state index contributed by atoms with van der Waals surface area (Å²) in [6.07, 6.45) is 7.76. The van der Waals surface area contributed by atoms with Crippen LogP contribution < -0.4 is 5.32 Å². The fourth-order valence-electron chi connectivity index (χ4n) is 4.10. The zero-order chi connectivity index (χ0) is 20.6. The first-order valence-electron chi connectivity index (χ1n) is 11.0. The van der Waals surface area contributed by atoms with Crippen LogP contribution in [0.2, 0.25) is 0 Å². The second-order valence-corrected chi connectivity index (χ2v) is 7.94. The number of ether oxygens (including phenoxy) is 2. The van der Waals surface area contributed by atoms with Crippen LogP contribution in [-0.2, 0) is 16.0 Å². The number of aromatic amines is 1. The monoisotopic (exact) mass is 412 g/mol. The fourth-order valence-corrected chi connectivity index (χ4v) is 4.10. The Bertz CT molecular complexity index is 796. The number of guanidine groups is 1. The van der Waals surface area contributed by atoms with E-state index in [2.05, 4.69) is 42.5 Å². The molecule has 1 aromatic carbocycles. The number of benzene rings is 1. The SMILES string of the molecule is CN=C(NCc1cccc(-c2ncn[nH]2)c1)N1CCC(OCC2CCCCO2)CC1. The number of aromatic nitrogens is 3. The van der Waals surface area contributed by atoms with Crippen LogP contribution in [0.4, 0.5) is 0 Å². The highest BCUT2D eigenvalue weighted by Gasteiger charge is 2.23. The van der Waals surface area contributed by atoms with Crippen molar-refractivity contribution in [2.45, 2.75) is 50.9 Å². The Balaban J connectivity index is 1.23. The van der Waals surface area contributed by atoms with Crippen LogP contribution in [-0.4, -0.2) is 71.6 Å². The number of likely N-dealkylation sites (tertiary alicyclic amines) is 1. The Labute approximate surface area is 178 Å². The van der Waals surface area contributed by atoms with E-state index in [0.717, 1.165) is 62.9 Å². The van der Waals surface area contributed by atoms with Gasteiger partial charge in [0, 0.05) is 38.9 Å². The molecule has 1 aromatic heterocycles. The summed E-state index contributed by atoms with van der Waals surface area (Å²) in [4.78, 5) is 11.0. The van der Waals surface area contributed by atoms with Crippen LogP contribution in [0.15, 0.2) is 35.6 Å². The molecule has 0 aliphatic carbocycles. The van der Waals surface area contributed by atoms with Gasteiger partial charge in [-0.25, -0.2) is 4.98 Å². The molecule has 3 heterocycles. The molecular formula is C22H32N6O2. The second-order valence-electron chi connectivity index (χ2n) is 7.94. The van der Waals surface area contributed by atoms with Crippen LogP contribution >= 0.6 is 0 Å². The highest BCUT2D eigenvalue weighted by Crippen LogP contribution is 2.18. The van der Waals surface area contributed by atoms with E-state index in [1.165, 1.54) is 24.7 Å². The molecule has 2 aromatic rings. The topological polar surface area (TPSA) is 87.7 Å². The van der Waals surface area contributed by atoms with E-state index < -0.39 is 0 Å². The maximum Gasteiger partial charge on any atom is 0.193 e. The maximum atomic E-state index is 6.14. The van der Waals surface area contributed by atoms with Crippen molar-refractivity contribution in [1.82, 2.24) is 25.4 Å². The molecule has 0 bridgehead atoms. The van der Waals surface area contributed by atoms with E-state index in [1.807, 2.05) is 19.2 Å². The third-order valence-electron chi connectivity index (χ3n) is 5.81. The van der Waals surface area contributed by atoms with Gasteiger partial charge in [0.25, 0.3) is 0 Å². The number of hydrogen-bond acceptors (Lipinski definition) is 5. The van der Waals surface area contributed by atoms with E-state index in [-0.39, 0.29) is 0 Å². The van der Waals surface area contributed by atoms with Gasteiger partial charge >= 0.3 is 0 Å². The number of piperidine rings is 1. The van der Waals surface area contributed by atoms with Gasteiger partial charge in [-0.2, -0.15) is 5.10 Å². The molecule has 2 fully saturated rings. The summed E-state index contributed by atoms with van der Waals surface area (Å²) in [6, 6.07) is 8.29. The molecule has 162 valence electrons. The highest BCUT2D eigenvalue weighted by molar-refractivity contribution is 5.80. The predicted octanol–water partition coefficient (Wildman–Crippen LogP) is 2.60. The van der Waals surface area contributed by atoms with Crippen molar-refractivity contribution >= 4 is 5.96 Å². The van der Waals surface area contributed by atoms with Gasteiger partial charge in [0.15, 0.2) is 11.8 Å². The normalized spacial score (nSPS) is 21.0. The molecule has 8 heteroatoms. The number of rotatable bonds is 6. The number of hydrogen-bond donors (Lipinski definition) is 2. The summed E-state index contributed by atoms with van der Waals surface area (Å²) in [5, 5.41) is 10.3. The van der Waals surface area contributed by atoms with E-state index in [4.69, 9.17) is 9.47 Å². The molecule has 0 radical (unpaired) electrons. The lowest BCUT2D eigenvalue weighted by atomic mass is 10.1. The molecule has 1 unspecified atom stereocenters. The van der Waals surface area contributed by atoms with Crippen LogP contribution in [0.3, 0.4) is 0 Å². The van der Waals surface area contributed by atoms with Crippen molar-refractivity contribution in [1.29, 1.82) is 0 Å². The zero-order valence-electron chi connectivity index (χ0n) is 17.7. The molecule has 2 aliphatic rings. The smallest absolute Gasteiger partial charge is 0.193 e. The van der Waals surface area contributed by atoms with Crippen molar-refractivity contribution in [3.63, 3.8) is 0 Å². The van der Waals surface area contributed by atoms with Crippen LogP contribution in [0.1, 0.15) is 37.7 Å². The Morgan fingerprint density at radius 3 is 2.93 bits per heavy atom. The lowest BCUT2D eigenvalue weighted by Gasteiger charge is -2.35. The van der Waals surface area contributed by atoms with Crippen LogP contribution in [0, 0.1) is 0 Å². The number of nitrogens with one attached hydrogen (secondary N) is 2. The summed E-state index contributed by atoms with van der Waals surface area (Å²) in [7, 11) is 1.84. The van der Waals surface area contributed by atoms with Crippen molar-refractivity contribution in [3.05, 3.63) is 36.2 Å². The zero-order valence-corrected chi connectivity index (χ0v) is 17.7. The Kier molecular flexibility index (Phi) is 7.31.